The summed E-state index contributed by atoms with van der Waals surface area (Å²) in [4.78, 5) is 39.1. The highest BCUT2D eigenvalue weighted by Gasteiger charge is 2.39. The molecule has 1 saturated heterocycles. The van der Waals surface area contributed by atoms with Crippen LogP contribution in [0.5, 0.6) is 0 Å². The fraction of sp³-hybridized carbons (Fsp3) is 0.357. The van der Waals surface area contributed by atoms with Gasteiger partial charge in [0.15, 0.2) is 0 Å². The summed E-state index contributed by atoms with van der Waals surface area (Å²) in [6, 6.07) is 4.83. The van der Waals surface area contributed by atoms with Gasteiger partial charge in [0, 0.05) is 13.1 Å². The second kappa shape index (κ2) is 5.46. The Morgan fingerprint density at radius 1 is 1.24 bits per heavy atom. The Kier molecular flexibility index (Phi) is 3.65. The Morgan fingerprint density at radius 2 is 1.95 bits per heavy atom. The number of fused-ring (bicyclic) bond motifs is 1. The summed E-state index contributed by atoms with van der Waals surface area (Å²) in [7, 11) is 0. The zero-order valence-electron chi connectivity index (χ0n) is 11.2. The summed E-state index contributed by atoms with van der Waals surface area (Å²) >= 11 is 5.97. The predicted octanol–water partition coefficient (Wildman–Crippen LogP) is 0.728. The molecule has 1 aromatic rings. The summed E-state index contributed by atoms with van der Waals surface area (Å²) in [6.07, 6.45) is 0. The van der Waals surface area contributed by atoms with Crippen LogP contribution in [0.1, 0.15) is 10.4 Å². The summed E-state index contributed by atoms with van der Waals surface area (Å²) in [5.41, 5.74) is 0.582. The fourth-order valence-corrected chi connectivity index (χ4v) is 2.76. The quantitative estimate of drug-likeness (QED) is 0.755. The molecule has 0 saturated carbocycles. The van der Waals surface area contributed by atoms with Gasteiger partial charge in [-0.1, -0.05) is 17.7 Å². The van der Waals surface area contributed by atoms with E-state index in [1.807, 2.05) is 0 Å². The highest BCUT2D eigenvalue weighted by Crippen LogP contribution is 2.33. The minimum absolute atomic E-state index is 0.155. The van der Waals surface area contributed by atoms with Gasteiger partial charge in [0.1, 0.15) is 6.54 Å². The number of nitrogens with zero attached hydrogens (tertiary/aromatic N) is 2. The number of benzene rings is 1. The average molecular weight is 309 g/mol. The largest absolute Gasteiger partial charge is 0.378 e. The lowest BCUT2D eigenvalue weighted by molar-refractivity contribution is -0.134. The van der Waals surface area contributed by atoms with Gasteiger partial charge in [-0.25, -0.2) is 0 Å². The number of carbonyl (C=O) groups is 3. The average Bonchev–Trinajstić information content (AvgIpc) is 2.74. The molecule has 110 valence electrons. The molecule has 21 heavy (non-hydrogen) atoms. The summed E-state index contributed by atoms with van der Waals surface area (Å²) < 4.78 is 5.18. The Morgan fingerprint density at radius 3 is 2.67 bits per heavy atom. The number of hydrogen-bond donors (Lipinski definition) is 0. The SMILES string of the molecule is O=C1C(=O)N(CC(=O)N2CCOCC2)c2cccc(Cl)c21. The molecule has 0 radical (unpaired) electrons. The van der Waals surface area contributed by atoms with E-state index in [4.69, 9.17) is 16.3 Å². The van der Waals surface area contributed by atoms with E-state index < -0.39 is 11.7 Å². The molecular weight excluding hydrogens is 296 g/mol. The van der Waals surface area contributed by atoms with Gasteiger partial charge < -0.3 is 9.64 Å². The summed E-state index contributed by atoms with van der Waals surface area (Å²) in [5, 5.41) is 0.229. The second-order valence-electron chi connectivity index (χ2n) is 4.85. The zero-order valence-corrected chi connectivity index (χ0v) is 11.9. The number of amides is 2. The first kappa shape index (κ1) is 14.0. The van der Waals surface area contributed by atoms with Crippen LogP contribution in [-0.2, 0) is 14.3 Å². The molecule has 1 aromatic carbocycles. The van der Waals surface area contributed by atoms with Crippen LogP contribution in [0, 0.1) is 0 Å². The van der Waals surface area contributed by atoms with Crippen LogP contribution in [0.3, 0.4) is 0 Å². The van der Waals surface area contributed by atoms with Crippen LogP contribution >= 0.6 is 11.6 Å². The van der Waals surface area contributed by atoms with E-state index in [-0.39, 0.29) is 23.0 Å². The van der Waals surface area contributed by atoms with Crippen molar-refractivity contribution in [1.29, 1.82) is 0 Å². The molecule has 0 spiro atoms. The van der Waals surface area contributed by atoms with E-state index in [9.17, 15) is 14.4 Å². The van der Waals surface area contributed by atoms with E-state index >= 15 is 0 Å². The van der Waals surface area contributed by atoms with Crippen molar-refractivity contribution in [3.8, 4) is 0 Å². The lowest BCUT2D eigenvalue weighted by Gasteiger charge is -2.28. The van der Waals surface area contributed by atoms with E-state index in [0.717, 1.165) is 0 Å². The molecule has 0 atom stereocenters. The maximum Gasteiger partial charge on any atom is 0.300 e. The van der Waals surface area contributed by atoms with Crippen molar-refractivity contribution < 1.29 is 19.1 Å². The lowest BCUT2D eigenvalue weighted by atomic mass is 10.1. The molecule has 0 bridgehead atoms. The minimum atomic E-state index is -0.709. The second-order valence-corrected chi connectivity index (χ2v) is 5.25. The van der Waals surface area contributed by atoms with Crippen molar-refractivity contribution >= 4 is 34.9 Å². The van der Waals surface area contributed by atoms with Crippen molar-refractivity contribution in [3.05, 3.63) is 28.8 Å². The number of halogens is 1. The van der Waals surface area contributed by atoms with Crippen LogP contribution in [0.2, 0.25) is 5.02 Å². The van der Waals surface area contributed by atoms with Crippen molar-refractivity contribution in [1.82, 2.24) is 4.90 Å². The summed E-state index contributed by atoms with van der Waals surface area (Å²) in [6.45, 7) is 1.81. The van der Waals surface area contributed by atoms with Crippen LogP contribution < -0.4 is 4.90 Å². The number of carbonyl (C=O) groups excluding carboxylic acids is 3. The van der Waals surface area contributed by atoms with Crippen LogP contribution in [0.15, 0.2) is 18.2 Å². The molecule has 0 aromatic heterocycles. The van der Waals surface area contributed by atoms with E-state index in [2.05, 4.69) is 0 Å². The van der Waals surface area contributed by atoms with Crippen LogP contribution in [0.4, 0.5) is 5.69 Å². The molecule has 2 aliphatic rings. The molecule has 1 fully saturated rings. The number of rotatable bonds is 2. The van der Waals surface area contributed by atoms with Gasteiger partial charge in [-0.3, -0.25) is 19.3 Å². The van der Waals surface area contributed by atoms with E-state index in [1.54, 1.807) is 23.1 Å². The van der Waals surface area contributed by atoms with Crippen molar-refractivity contribution in [2.75, 3.05) is 37.7 Å². The molecule has 7 heteroatoms. The van der Waals surface area contributed by atoms with Gasteiger partial charge >= 0.3 is 0 Å². The Hall–Kier alpha value is -1.92. The predicted molar refractivity (Wildman–Crippen MR) is 75.5 cm³/mol. The van der Waals surface area contributed by atoms with Gasteiger partial charge in [-0.05, 0) is 12.1 Å². The summed E-state index contributed by atoms with van der Waals surface area (Å²) in [5.74, 6) is -1.57. The highest BCUT2D eigenvalue weighted by molar-refractivity contribution is 6.55. The third-order valence-electron chi connectivity index (χ3n) is 3.61. The molecule has 6 nitrogen and oxygen atoms in total. The third-order valence-corrected chi connectivity index (χ3v) is 3.92. The molecule has 3 rings (SSSR count). The molecule has 2 aliphatic heterocycles. The first-order chi connectivity index (χ1) is 10.1. The topological polar surface area (TPSA) is 66.9 Å². The zero-order chi connectivity index (χ0) is 15.0. The van der Waals surface area contributed by atoms with Crippen LogP contribution in [0.25, 0.3) is 0 Å². The van der Waals surface area contributed by atoms with Crippen molar-refractivity contribution in [3.63, 3.8) is 0 Å². The third kappa shape index (κ3) is 2.41. The first-order valence-electron chi connectivity index (χ1n) is 6.60. The molecule has 2 heterocycles. The molecule has 0 N–H and O–H groups in total. The smallest absolute Gasteiger partial charge is 0.300 e. The van der Waals surface area contributed by atoms with E-state index in [0.29, 0.717) is 32.0 Å². The number of hydrogen-bond acceptors (Lipinski definition) is 4. The maximum atomic E-state index is 12.2. The minimum Gasteiger partial charge on any atom is -0.378 e. The van der Waals surface area contributed by atoms with Gasteiger partial charge in [-0.15, -0.1) is 0 Å². The normalized spacial score (nSPS) is 18.1. The number of anilines is 1. The van der Waals surface area contributed by atoms with Gasteiger partial charge in [0.05, 0.1) is 29.5 Å². The monoisotopic (exact) mass is 308 g/mol. The fourth-order valence-electron chi connectivity index (χ4n) is 2.51. The number of ether oxygens (including phenoxy) is 1. The Labute approximate surface area is 126 Å². The van der Waals surface area contributed by atoms with E-state index in [1.165, 1.54) is 4.90 Å². The van der Waals surface area contributed by atoms with Crippen molar-refractivity contribution in [2.24, 2.45) is 0 Å². The Bertz CT molecular complexity index is 625. The first-order valence-corrected chi connectivity index (χ1v) is 6.97. The Balaban J connectivity index is 1.83. The molecular formula is C14H13ClN2O4. The number of morpholine rings is 1. The molecule has 0 unspecified atom stereocenters. The standard InChI is InChI=1S/C14H13ClN2O4/c15-9-2-1-3-10-12(9)13(19)14(20)17(10)8-11(18)16-4-6-21-7-5-16/h1-3H,4-8H2. The van der Waals surface area contributed by atoms with Gasteiger partial charge in [-0.2, -0.15) is 0 Å². The van der Waals surface area contributed by atoms with Gasteiger partial charge in [0.2, 0.25) is 5.91 Å². The number of ketones is 1. The highest BCUT2D eigenvalue weighted by atomic mass is 35.5. The molecule has 2 amide bonds. The van der Waals surface area contributed by atoms with Gasteiger partial charge in [0.25, 0.3) is 11.7 Å². The molecule has 0 aliphatic carbocycles. The lowest BCUT2D eigenvalue weighted by Crippen LogP contribution is -2.46. The van der Waals surface area contributed by atoms with Crippen molar-refractivity contribution in [2.45, 2.75) is 0 Å². The number of Topliss-reactive ketones (excluding diaryl/α,β-unsaturated/α-hetero) is 1. The maximum absolute atomic E-state index is 12.2. The van der Waals surface area contributed by atoms with Crippen LogP contribution in [-0.4, -0.2) is 55.3 Å².